The van der Waals surface area contributed by atoms with E-state index < -0.39 is 43.5 Å². The second-order valence-corrected chi connectivity index (χ2v) is 9.24. The molecule has 2 nitrogen and oxygen atoms in total. The van der Waals surface area contributed by atoms with E-state index in [1.807, 2.05) is 0 Å². The van der Waals surface area contributed by atoms with Crippen LogP contribution in [0.2, 0.25) is 0 Å². The number of halogens is 6. The van der Waals surface area contributed by atoms with Crippen molar-refractivity contribution >= 4 is 24.5 Å². The summed E-state index contributed by atoms with van der Waals surface area (Å²) in [4.78, 5) is 11.4. The molecule has 32 heavy (non-hydrogen) atoms. The van der Waals surface area contributed by atoms with Crippen LogP contribution in [0.25, 0.3) is 0 Å². The van der Waals surface area contributed by atoms with Crippen molar-refractivity contribution in [1.29, 1.82) is 0 Å². The van der Waals surface area contributed by atoms with Gasteiger partial charge in [-0.2, -0.15) is 26.3 Å². The SMILES string of the molecule is CC(=O)O[C@H](C)[C]1[CH][CH][CH][C]1P(c1cccc(C(F)(F)F)c1)c1cccc(C(F)(F)F)c1. The average molecular weight is 471 g/mol. The van der Waals surface area contributed by atoms with E-state index in [4.69, 9.17) is 4.74 Å². The molecule has 0 amide bonds. The number of rotatable bonds is 5. The molecule has 0 unspecified atom stereocenters. The van der Waals surface area contributed by atoms with Crippen LogP contribution in [0.4, 0.5) is 26.3 Å². The predicted molar refractivity (Wildman–Crippen MR) is 110 cm³/mol. The Morgan fingerprint density at radius 1 is 0.875 bits per heavy atom. The van der Waals surface area contributed by atoms with E-state index in [9.17, 15) is 31.1 Å². The maximum absolute atomic E-state index is 13.3. The molecule has 0 heterocycles. The Morgan fingerprint density at radius 3 is 1.81 bits per heavy atom. The van der Waals surface area contributed by atoms with Crippen molar-refractivity contribution in [2.24, 2.45) is 0 Å². The van der Waals surface area contributed by atoms with Gasteiger partial charge < -0.3 is 4.74 Å². The van der Waals surface area contributed by atoms with Crippen LogP contribution in [0, 0.1) is 30.8 Å². The molecule has 5 radical (unpaired) electrons. The van der Waals surface area contributed by atoms with E-state index in [0.29, 0.717) is 11.6 Å². The highest BCUT2D eigenvalue weighted by molar-refractivity contribution is 7.76. The Bertz CT molecular complexity index is 898. The van der Waals surface area contributed by atoms with Gasteiger partial charge in [-0.3, -0.25) is 4.79 Å². The quantitative estimate of drug-likeness (QED) is 0.311. The highest BCUT2D eigenvalue weighted by Gasteiger charge is 2.42. The molecule has 0 aliphatic heterocycles. The van der Waals surface area contributed by atoms with Crippen molar-refractivity contribution in [2.75, 3.05) is 0 Å². The monoisotopic (exact) mass is 471 g/mol. The van der Waals surface area contributed by atoms with Gasteiger partial charge in [-0.05, 0) is 69.0 Å². The topological polar surface area (TPSA) is 26.3 Å². The number of alkyl halides is 6. The van der Waals surface area contributed by atoms with E-state index in [-0.39, 0.29) is 10.6 Å². The maximum atomic E-state index is 13.3. The molecule has 169 valence electrons. The fourth-order valence-corrected chi connectivity index (χ4v) is 5.97. The molecule has 1 saturated carbocycles. The molecular formula is C23H18F6O2P. The Kier molecular flexibility index (Phi) is 7.23. The standard InChI is InChI=1S/C23H18F6O2P/c1-14(31-15(2)30)20-10-5-11-21(20)32(18-8-3-6-16(12-18)22(24,25)26)19-9-4-7-17(13-19)23(27,28)29/h3-14H,1-2H3/t14-/m1/s1. The second-order valence-electron chi connectivity index (χ2n) is 7.05. The minimum atomic E-state index is -4.61. The van der Waals surface area contributed by atoms with Crippen molar-refractivity contribution in [3.8, 4) is 0 Å². The van der Waals surface area contributed by atoms with Gasteiger partial charge in [0.25, 0.3) is 0 Å². The van der Waals surface area contributed by atoms with E-state index >= 15 is 0 Å². The summed E-state index contributed by atoms with van der Waals surface area (Å²) >= 11 is 0. The summed E-state index contributed by atoms with van der Waals surface area (Å²) in [6, 6.07) is 9.15. The van der Waals surface area contributed by atoms with Gasteiger partial charge in [-0.1, -0.05) is 24.3 Å². The summed E-state index contributed by atoms with van der Waals surface area (Å²) in [5.41, 5.74) is -1.27. The van der Waals surface area contributed by atoms with Crippen LogP contribution in [0.5, 0.6) is 0 Å². The van der Waals surface area contributed by atoms with Crippen LogP contribution in [-0.4, -0.2) is 12.1 Å². The first-order valence-corrected chi connectivity index (χ1v) is 10.8. The zero-order chi connectivity index (χ0) is 23.7. The van der Waals surface area contributed by atoms with Gasteiger partial charge in [0.15, 0.2) is 0 Å². The molecule has 3 rings (SSSR count). The van der Waals surface area contributed by atoms with Crippen molar-refractivity contribution in [3.05, 3.63) is 90.5 Å². The zero-order valence-electron chi connectivity index (χ0n) is 17.0. The lowest BCUT2D eigenvalue weighted by Crippen LogP contribution is -2.27. The number of carbonyl (C=O) groups excluding carboxylic acids is 1. The molecule has 1 aliphatic carbocycles. The molecule has 9 heteroatoms. The highest BCUT2D eigenvalue weighted by Crippen LogP contribution is 2.57. The molecule has 2 aromatic rings. The fourth-order valence-electron chi connectivity index (χ4n) is 3.35. The summed E-state index contributed by atoms with van der Waals surface area (Å²) in [5.74, 6) is -0.0201. The normalized spacial score (nSPS) is 17.0. The van der Waals surface area contributed by atoms with Gasteiger partial charge in [-0.15, -0.1) is 0 Å². The van der Waals surface area contributed by atoms with Gasteiger partial charge in [0.05, 0.1) is 11.1 Å². The summed E-state index contributed by atoms with van der Waals surface area (Å²) in [6.45, 7) is 2.83. The van der Waals surface area contributed by atoms with Crippen LogP contribution in [0.1, 0.15) is 25.0 Å². The lowest BCUT2D eigenvalue weighted by Gasteiger charge is -2.32. The van der Waals surface area contributed by atoms with Crippen molar-refractivity contribution in [2.45, 2.75) is 32.3 Å². The number of benzene rings is 2. The third-order valence-electron chi connectivity index (χ3n) is 4.71. The molecule has 1 atom stereocenters. The first kappa shape index (κ1) is 24.6. The van der Waals surface area contributed by atoms with Crippen LogP contribution in [0.3, 0.4) is 0 Å². The third-order valence-corrected chi connectivity index (χ3v) is 7.19. The predicted octanol–water partition coefficient (Wildman–Crippen LogP) is 5.84. The Labute approximate surface area is 183 Å². The molecule has 0 saturated heterocycles. The molecule has 0 bridgehead atoms. The van der Waals surface area contributed by atoms with Crippen LogP contribution in [0.15, 0.2) is 48.5 Å². The number of carbonyl (C=O) groups is 1. The highest BCUT2D eigenvalue weighted by atomic mass is 31.1. The van der Waals surface area contributed by atoms with Crippen LogP contribution < -0.4 is 10.6 Å². The summed E-state index contributed by atoms with van der Waals surface area (Å²) < 4.78 is 85.3. The first-order chi connectivity index (χ1) is 14.9. The van der Waals surface area contributed by atoms with Crippen LogP contribution in [-0.2, 0) is 21.9 Å². The minimum absolute atomic E-state index is 0.233. The van der Waals surface area contributed by atoms with Gasteiger partial charge >= 0.3 is 18.3 Å². The maximum Gasteiger partial charge on any atom is 0.416 e. The Hall–Kier alpha value is -2.08. The number of hydrogen-bond acceptors (Lipinski definition) is 2. The summed E-state index contributed by atoms with van der Waals surface area (Å²) in [5, 5.41) is 0.466. The number of esters is 1. The first-order valence-electron chi connectivity index (χ1n) is 9.45. The molecule has 0 spiro atoms. The second kappa shape index (κ2) is 9.42. The van der Waals surface area contributed by atoms with Crippen molar-refractivity contribution < 1.29 is 35.9 Å². The third kappa shape index (κ3) is 5.64. The molecule has 0 aromatic heterocycles. The van der Waals surface area contributed by atoms with Gasteiger partial charge in [0, 0.05) is 18.5 Å². The van der Waals surface area contributed by atoms with Gasteiger partial charge in [-0.25, -0.2) is 0 Å². The average Bonchev–Trinajstić information content (AvgIpc) is 3.16. The Balaban J connectivity index is 2.12. The zero-order valence-corrected chi connectivity index (χ0v) is 17.9. The Morgan fingerprint density at radius 2 is 1.38 bits per heavy atom. The summed E-state index contributed by atoms with van der Waals surface area (Å²) in [7, 11) is -1.81. The van der Waals surface area contributed by atoms with E-state index in [1.165, 1.54) is 31.2 Å². The molecule has 1 aliphatic rings. The van der Waals surface area contributed by atoms with E-state index in [1.54, 1.807) is 26.2 Å². The van der Waals surface area contributed by atoms with Crippen molar-refractivity contribution in [3.63, 3.8) is 0 Å². The minimum Gasteiger partial charge on any atom is -0.462 e. The molecule has 1 fully saturated rings. The van der Waals surface area contributed by atoms with Crippen LogP contribution >= 0.6 is 7.92 Å². The summed E-state index contributed by atoms with van der Waals surface area (Å²) in [6.07, 6.45) is -5.00. The lowest BCUT2D eigenvalue weighted by atomic mass is 10.0. The molecule has 0 N–H and O–H groups in total. The number of ether oxygens (including phenoxy) is 1. The van der Waals surface area contributed by atoms with E-state index in [2.05, 4.69) is 0 Å². The smallest absolute Gasteiger partial charge is 0.416 e. The van der Waals surface area contributed by atoms with Gasteiger partial charge in [0.1, 0.15) is 6.10 Å². The largest absolute Gasteiger partial charge is 0.462 e. The molecule has 2 aromatic carbocycles. The lowest BCUT2D eigenvalue weighted by molar-refractivity contribution is -0.144. The molecular weight excluding hydrogens is 453 g/mol. The van der Waals surface area contributed by atoms with Gasteiger partial charge in [0.2, 0.25) is 0 Å². The number of hydrogen-bond donors (Lipinski definition) is 0. The van der Waals surface area contributed by atoms with Crippen molar-refractivity contribution in [1.82, 2.24) is 0 Å². The van der Waals surface area contributed by atoms with E-state index in [0.717, 1.165) is 24.3 Å². The fraction of sp³-hybridized carbons (Fsp3) is 0.217.